The highest BCUT2D eigenvalue weighted by atomic mass is 32.2. The van der Waals surface area contributed by atoms with Gasteiger partial charge in [-0.2, -0.15) is 0 Å². The number of hydrogen-bond donors (Lipinski definition) is 0. The zero-order valence-electron chi connectivity index (χ0n) is 17.3. The van der Waals surface area contributed by atoms with Crippen LogP contribution in [0, 0.1) is 40.4 Å². The molecular formula is C23H38O2S. The molecule has 0 aromatic rings. The minimum Gasteiger partial charge on any atom is -0.368 e. The SMILES string of the molecule is CSCO[C@@H]1CCC2(C)[C@@H](CC[C@H]3[C@@H]4CCC(C(C)=O)C4(C)CC[C@@H]32)C1. The van der Waals surface area contributed by atoms with Gasteiger partial charge in [-0.25, -0.2) is 0 Å². The zero-order chi connectivity index (χ0) is 18.5. The Morgan fingerprint density at radius 1 is 1.00 bits per heavy atom. The van der Waals surface area contributed by atoms with Crippen molar-refractivity contribution in [1.82, 2.24) is 0 Å². The molecule has 0 saturated heterocycles. The lowest BCUT2D eigenvalue weighted by atomic mass is 9.44. The number of ketones is 1. The molecule has 4 fully saturated rings. The van der Waals surface area contributed by atoms with E-state index in [-0.39, 0.29) is 0 Å². The fourth-order valence-electron chi connectivity index (χ4n) is 8.20. The molecule has 26 heavy (non-hydrogen) atoms. The Bertz CT molecular complexity index is 548. The Hall–Kier alpha value is -0.0200. The highest BCUT2D eigenvalue weighted by Crippen LogP contribution is 2.67. The van der Waals surface area contributed by atoms with E-state index in [0.29, 0.717) is 28.6 Å². The maximum Gasteiger partial charge on any atom is 0.133 e. The molecule has 0 aliphatic heterocycles. The van der Waals surface area contributed by atoms with Crippen molar-refractivity contribution in [2.24, 2.45) is 40.4 Å². The summed E-state index contributed by atoms with van der Waals surface area (Å²) in [5.41, 5.74) is 0.826. The van der Waals surface area contributed by atoms with Crippen LogP contribution in [0.4, 0.5) is 0 Å². The van der Waals surface area contributed by atoms with Crippen LogP contribution in [0.1, 0.15) is 78.6 Å². The quantitative estimate of drug-likeness (QED) is 0.566. The number of fused-ring (bicyclic) bond motifs is 5. The van der Waals surface area contributed by atoms with Crippen LogP contribution in [0.5, 0.6) is 0 Å². The van der Waals surface area contributed by atoms with Gasteiger partial charge < -0.3 is 4.74 Å². The first kappa shape index (κ1) is 19.3. The van der Waals surface area contributed by atoms with Gasteiger partial charge in [0.15, 0.2) is 0 Å². The summed E-state index contributed by atoms with van der Waals surface area (Å²) in [5.74, 6) is 5.09. The van der Waals surface area contributed by atoms with Crippen molar-refractivity contribution in [3.8, 4) is 0 Å². The van der Waals surface area contributed by atoms with Crippen LogP contribution >= 0.6 is 11.8 Å². The molecule has 3 unspecified atom stereocenters. The molecule has 4 aliphatic carbocycles. The first-order chi connectivity index (χ1) is 12.4. The molecule has 0 aromatic carbocycles. The van der Waals surface area contributed by atoms with Crippen molar-refractivity contribution in [3.05, 3.63) is 0 Å². The Labute approximate surface area is 164 Å². The molecule has 0 heterocycles. The molecular weight excluding hydrogens is 340 g/mol. The van der Waals surface area contributed by atoms with Crippen molar-refractivity contribution < 1.29 is 9.53 Å². The second kappa shape index (κ2) is 7.10. The van der Waals surface area contributed by atoms with Crippen LogP contribution in [0.2, 0.25) is 0 Å². The number of Topliss-reactive ketones (excluding diaryl/α,β-unsaturated/α-hetero) is 1. The second-order valence-electron chi connectivity index (χ2n) is 10.4. The van der Waals surface area contributed by atoms with Crippen molar-refractivity contribution in [1.29, 1.82) is 0 Å². The van der Waals surface area contributed by atoms with E-state index in [9.17, 15) is 4.79 Å². The topological polar surface area (TPSA) is 26.3 Å². The van der Waals surface area contributed by atoms with Crippen molar-refractivity contribution in [3.63, 3.8) is 0 Å². The number of carbonyl (C=O) groups excluding carboxylic acids is 1. The molecule has 0 radical (unpaired) electrons. The van der Waals surface area contributed by atoms with Crippen molar-refractivity contribution in [2.45, 2.75) is 84.7 Å². The van der Waals surface area contributed by atoms with Crippen LogP contribution in [0.3, 0.4) is 0 Å². The lowest BCUT2D eigenvalue weighted by Gasteiger charge is -2.61. The first-order valence-electron chi connectivity index (χ1n) is 11.0. The maximum atomic E-state index is 12.3. The van der Waals surface area contributed by atoms with E-state index in [1.54, 1.807) is 11.8 Å². The second-order valence-corrected chi connectivity index (χ2v) is 11.2. The lowest BCUT2D eigenvalue weighted by molar-refractivity contribution is -0.140. The average Bonchev–Trinajstić information content (AvgIpc) is 2.97. The van der Waals surface area contributed by atoms with Crippen LogP contribution in [-0.2, 0) is 9.53 Å². The summed E-state index contributed by atoms with van der Waals surface area (Å²) in [6.07, 6.45) is 14.5. The molecule has 4 saturated carbocycles. The summed E-state index contributed by atoms with van der Waals surface area (Å²) >= 11 is 1.80. The molecule has 0 N–H and O–H groups in total. The Kier molecular flexibility index (Phi) is 5.27. The molecule has 4 aliphatic rings. The number of hydrogen-bond acceptors (Lipinski definition) is 3. The van der Waals surface area contributed by atoms with Crippen molar-refractivity contribution in [2.75, 3.05) is 12.2 Å². The van der Waals surface area contributed by atoms with E-state index >= 15 is 0 Å². The third kappa shape index (κ3) is 2.91. The Morgan fingerprint density at radius 2 is 1.73 bits per heavy atom. The largest absolute Gasteiger partial charge is 0.368 e. The highest BCUT2D eigenvalue weighted by Gasteiger charge is 2.60. The van der Waals surface area contributed by atoms with Gasteiger partial charge >= 0.3 is 0 Å². The first-order valence-corrected chi connectivity index (χ1v) is 12.4. The monoisotopic (exact) mass is 378 g/mol. The summed E-state index contributed by atoms with van der Waals surface area (Å²) in [4.78, 5) is 12.3. The summed E-state index contributed by atoms with van der Waals surface area (Å²) in [6.45, 7) is 6.94. The summed E-state index contributed by atoms with van der Waals surface area (Å²) in [7, 11) is 0. The maximum absolute atomic E-state index is 12.3. The molecule has 0 spiro atoms. The fraction of sp³-hybridized carbons (Fsp3) is 0.957. The molecule has 0 bridgehead atoms. The van der Waals surface area contributed by atoms with Gasteiger partial charge in [0.2, 0.25) is 0 Å². The lowest BCUT2D eigenvalue weighted by Crippen LogP contribution is -2.54. The minimum absolute atomic E-state index is 0.300. The van der Waals surface area contributed by atoms with E-state index in [4.69, 9.17) is 4.74 Å². The normalized spacial score (nSPS) is 50.6. The van der Waals surface area contributed by atoms with Crippen LogP contribution in [0.25, 0.3) is 0 Å². The highest BCUT2D eigenvalue weighted by molar-refractivity contribution is 7.98. The van der Waals surface area contributed by atoms with E-state index in [0.717, 1.165) is 36.0 Å². The molecule has 0 amide bonds. The zero-order valence-corrected chi connectivity index (χ0v) is 18.1. The molecule has 2 nitrogen and oxygen atoms in total. The number of ether oxygens (including phenoxy) is 1. The van der Waals surface area contributed by atoms with Gasteiger partial charge in [0.1, 0.15) is 5.78 Å². The van der Waals surface area contributed by atoms with Gasteiger partial charge in [-0.1, -0.05) is 13.8 Å². The van der Waals surface area contributed by atoms with Gasteiger partial charge in [-0.05, 0) is 105 Å². The van der Waals surface area contributed by atoms with Crippen molar-refractivity contribution >= 4 is 17.5 Å². The third-order valence-corrected chi connectivity index (χ3v) is 9.90. The Balaban J connectivity index is 1.51. The summed E-state index contributed by atoms with van der Waals surface area (Å²) < 4.78 is 6.11. The fourth-order valence-corrected chi connectivity index (χ4v) is 8.53. The van der Waals surface area contributed by atoms with Crippen LogP contribution in [0.15, 0.2) is 0 Å². The van der Waals surface area contributed by atoms with Gasteiger partial charge in [0.05, 0.1) is 12.0 Å². The van der Waals surface area contributed by atoms with Gasteiger partial charge in [-0.3, -0.25) is 4.79 Å². The number of rotatable bonds is 4. The summed E-state index contributed by atoms with van der Waals surface area (Å²) in [5, 5.41) is 0. The van der Waals surface area contributed by atoms with Crippen LogP contribution in [-0.4, -0.2) is 24.1 Å². The van der Waals surface area contributed by atoms with Gasteiger partial charge in [0.25, 0.3) is 0 Å². The predicted octanol–water partition coefficient (Wildman–Crippen LogP) is 5.94. The predicted molar refractivity (Wildman–Crippen MR) is 109 cm³/mol. The third-order valence-electron chi connectivity index (χ3n) is 9.53. The standard InChI is InChI=1S/C23H38O2S/c1-15(24)19-7-8-20-18-6-5-16-13-17(25-14-26-4)9-11-22(16,2)21(18)10-12-23(19,20)3/h16-21H,5-14H2,1-4H3/t16-,17+,18-,19?,20-,21-,22?,23?/m0/s1. The average molecular weight is 379 g/mol. The van der Waals surface area contributed by atoms with E-state index < -0.39 is 0 Å². The van der Waals surface area contributed by atoms with Gasteiger partial charge in [0, 0.05) is 5.92 Å². The van der Waals surface area contributed by atoms with Gasteiger partial charge in [-0.15, -0.1) is 11.8 Å². The number of carbonyl (C=O) groups is 1. The molecule has 4 rings (SSSR count). The number of thioether (sulfide) groups is 1. The molecule has 3 heteroatoms. The molecule has 8 atom stereocenters. The van der Waals surface area contributed by atoms with E-state index in [1.807, 2.05) is 6.92 Å². The van der Waals surface area contributed by atoms with E-state index in [1.165, 1.54) is 51.4 Å². The molecule has 148 valence electrons. The van der Waals surface area contributed by atoms with Crippen LogP contribution < -0.4 is 0 Å². The minimum atomic E-state index is 0.300. The Morgan fingerprint density at radius 3 is 2.46 bits per heavy atom. The van der Waals surface area contributed by atoms with E-state index in [2.05, 4.69) is 20.1 Å². The molecule has 0 aromatic heterocycles. The summed E-state index contributed by atoms with van der Waals surface area (Å²) in [6, 6.07) is 0. The smallest absolute Gasteiger partial charge is 0.133 e.